The number of likely N-dealkylation sites (N-methyl/N-ethyl adjacent to an activating group) is 1. The SMILES string of the molecule is CCNCC(OC)C(N)=O. The second-order valence-corrected chi connectivity index (χ2v) is 1.93. The van der Waals surface area contributed by atoms with Crippen LogP contribution in [-0.2, 0) is 9.53 Å². The molecular formula is C6H14N2O2. The molecule has 10 heavy (non-hydrogen) atoms. The highest BCUT2D eigenvalue weighted by molar-refractivity contribution is 5.79. The third kappa shape index (κ3) is 3.42. The Hall–Kier alpha value is -0.610. The maximum atomic E-state index is 10.5. The van der Waals surface area contributed by atoms with Crippen molar-refractivity contribution in [3.05, 3.63) is 0 Å². The fourth-order valence-electron chi connectivity index (χ4n) is 0.576. The second-order valence-electron chi connectivity index (χ2n) is 1.93. The van der Waals surface area contributed by atoms with E-state index >= 15 is 0 Å². The molecule has 0 radical (unpaired) electrons. The number of primary amides is 1. The van der Waals surface area contributed by atoms with Crippen molar-refractivity contribution >= 4 is 5.91 Å². The van der Waals surface area contributed by atoms with Crippen molar-refractivity contribution in [1.29, 1.82) is 0 Å². The summed E-state index contributed by atoms with van der Waals surface area (Å²) in [6.45, 7) is 3.25. The Bertz CT molecular complexity index is 106. The van der Waals surface area contributed by atoms with Crippen LogP contribution >= 0.6 is 0 Å². The third-order valence-corrected chi connectivity index (χ3v) is 1.18. The van der Waals surface area contributed by atoms with E-state index in [9.17, 15) is 4.79 Å². The van der Waals surface area contributed by atoms with Crippen molar-refractivity contribution in [2.24, 2.45) is 5.73 Å². The van der Waals surface area contributed by atoms with Gasteiger partial charge in [-0.05, 0) is 6.54 Å². The van der Waals surface area contributed by atoms with E-state index < -0.39 is 12.0 Å². The van der Waals surface area contributed by atoms with Gasteiger partial charge in [0, 0.05) is 13.7 Å². The normalized spacial score (nSPS) is 13.0. The van der Waals surface area contributed by atoms with Crippen molar-refractivity contribution in [3.63, 3.8) is 0 Å². The van der Waals surface area contributed by atoms with Crippen molar-refractivity contribution < 1.29 is 9.53 Å². The van der Waals surface area contributed by atoms with Crippen LogP contribution in [0.1, 0.15) is 6.92 Å². The van der Waals surface area contributed by atoms with Gasteiger partial charge < -0.3 is 15.8 Å². The van der Waals surface area contributed by atoms with Crippen LogP contribution in [0.15, 0.2) is 0 Å². The molecule has 1 atom stereocenters. The molecule has 0 saturated carbocycles. The lowest BCUT2D eigenvalue weighted by Gasteiger charge is -2.10. The molecule has 0 heterocycles. The predicted octanol–water partition coefficient (Wildman–Crippen LogP) is -0.904. The lowest BCUT2D eigenvalue weighted by Crippen LogP contribution is -2.39. The molecule has 0 aromatic heterocycles. The number of methoxy groups -OCH3 is 1. The van der Waals surface area contributed by atoms with Gasteiger partial charge in [-0.2, -0.15) is 0 Å². The van der Waals surface area contributed by atoms with E-state index in [-0.39, 0.29) is 0 Å². The Morgan fingerprint density at radius 2 is 2.40 bits per heavy atom. The van der Waals surface area contributed by atoms with Crippen LogP contribution in [-0.4, -0.2) is 32.2 Å². The molecule has 0 rings (SSSR count). The molecule has 4 nitrogen and oxygen atoms in total. The van der Waals surface area contributed by atoms with E-state index in [1.807, 2.05) is 6.92 Å². The Morgan fingerprint density at radius 1 is 1.80 bits per heavy atom. The maximum Gasteiger partial charge on any atom is 0.247 e. The van der Waals surface area contributed by atoms with Gasteiger partial charge in [0.2, 0.25) is 5.91 Å². The van der Waals surface area contributed by atoms with Gasteiger partial charge in [0.05, 0.1) is 0 Å². The topological polar surface area (TPSA) is 64.3 Å². The molecule has 0 bridgehead atoms. The van der Waals surface area contributed by atoms with E-state index in [0.29, 0.717) is 6.54 Å². The highest BCUT2D eigenvalue weighted by Crippen LogP contribution is 1.84. The molecular weight excluding hydrogens is 132 g/mol. The van der Waals surface area contributed by atoms with Crippen molar-refractivity contribution in [2.75, 3.05) is 20.2 Å². The van der Waals surface area contributed by atoms with Gasteiger partial charge in [-0.15, -0.1) is 0 Å². The lowest BCUT2D eigenvalue weighted by atomic mass is 10.3. The van der Waals surface area contributed by atoms with Gasteiger partial charge in [0.1, 0.15) is 6.10 Å². The second kappa shape index (κ2) is 5.20. The van der Waals surface area contributed by atoms with Crippen LogP contribution < -0.4 is 11.1 Å². The molecule has 60 valence electrons. The van der Waals surface area contributed by atoms with Gasteiger partial charge in [-0.3, -0.25) is 4.79 Å². The summed E-state index contributed by atoms with van der Waals surface area (Å²) >= 11 is 0. The van der Waals surface area contributed by atoms with Gasteiger partial charge in [-0.25, -0.2) is 0 Å². The highest BCUT2D eigenvalue weighted by atomic mass is 16.5. The number of carbonyl (C=O) groups excluding carboxylic acids is 1. The summed E-state index contributed by atoms with van der Waals surface area (Å²) < 4.78 is 4.78. The number of ether oxygens (including phenoxy) is 1. The molecule has 0 spiro atoms. The monoisotopic (exact) mass is 146 g/mol. The van der Waals surface area contributed by atoms with Crippen molar-refractivity contribution in [1.82, 2.24) is 5.32 Å². The standard InChI is InChI=1S/C6H14N2O2/c1-3-8-4-5(10-2)6(7)9/h5,8H,3-4H2,1-2H3,(H2,7,9). The van der Waals surface area contributed by atoms with Crippen LogP contribution in [0.3, 0.4) is 0 Å². The molecule has 4 heteroatoms. The Morgan fingerprint density at radius 3 is 2.70 bits per heavy atom. The molecule has 0 saturated heterocycles. The molecule has 3 N–H and O–H groups in total. The molecule has 1 amide bonds. The summed E-state index contributed by atoms with van der Waals surface area (Å²) in [6, 6.07) is 0. The van der Waals surface area contributed by atoms with Crippen molar-refractivity contribution in [2.45, 2.75) is 13.0 Å². The number of rotatable bonds is 5. The third-order valence-electron chi connectivity index (χ3n) is 1.18. The summed E-state index contributed by atoms with van der Waals surface area (Å²) in [6.07, 6.45) is -0.500. The molecule has 1 unspecified atom stereocenters. The van der Waals surface area contributed by atoms with E-state index in [2.05, 4.69) is 5.32 Å². The van der Waals surface area contributed by atoms with Gasteiger partial charge in [-0.1, -0.05) is 6.92 Å². The van der Waals surface area contributed by atoms with E-state index in [0.717, 1.165) is 6.54 Å². The van der Waals surface area contributed by atoms with Crippen LogP contribution in [0, 0.1) is 0 Å². The zero-order valence-corrected chi connectivity index (χ0v) is 6.39. The lowest BCUT2D eigenvalue weighted by molar-refractivity contribution is -0.127. The predicted molar refractivity (Wildman–Crippen MR) is 38.5 cm³/mol. The molecule has 0 aliphatic heterocycles. The average molecular weight is 146 g/mol. The first-order chi connectivity index (χ1) is 4.72. The molecule has 0 aromatic carbocycles. The Labute approximate surface area is 60.7 Å². The maximum absolute atomic E-state index is 10.5. The Kier molecular flexibility index (Phi) is 4.88. The highest BCUT2D eigenvalue weighted by Gasteiger charge is 2.11. The summed E-state index contributed by atoms with van der Waals surface area (Å²) in [5.41, 5.74) is 4.98. The number of nitrogens with one attached hydrogen (secondary N) is 1. The smallest absolute Gasteiger partial charge is 0.247 e. The van der Waals surface area contributed by atoms with Crippen LogP contribution in [0.4, 0.5) is 0 Å². The summed E-state index contributed by atoms with van der Waals surface area (Å²) in [5, 5.41) is 2.95. The fourth-order valence-corrected chi connectivity index (χ4v) is 0.576. The molecule has 0 fully saturated rings. The van der Waals surface area contributed by atoms with Gasteiger partial charge in [0.25, 0.3) is 0 Å². The quantitative estimate of drug-likeness (QED) is 0.528. The molecule has 0 aromatic rings. The van der Waals surface area contributed by atoms with Gasteiger partial charge in [0.15, 0.2) is 0 Å². The summed E-state index contributed by atoms with van der Waals surface area (Å²) in [5.74, 6) is -0.427. The van der Waals surface area contributed by atoms with E-state index in [1.54, 1.807) is 0 Å². The fraction of sp³-hybridized carbons (Fsp3) is 0.833. The number of nitrogens with two attached hydrogens (primary N) is 1. The minimum Gasteiger partial charge on any atom is -0.370 e. The number of hydrogen-bond donors (Lipinski definition) is 2. The zero-order chi connectivity index (χ0) is 7.98. The minimum absolute atomic E-state index is 0.427. The molecule has 0 aliphatic carbocycles. The summed E-state index contributed by atoms with van der Waals surface area (Å²) in [4.78, 5) is 10.5. The first kappa shape index (κ1) is 9.39. The van der Waals surface area contributed by atoms with Crippen LogP contribution in [0.25, 0.3) is 0 Å². The number of carbonyl (C=O) groups is 1. The average Bonchev–Trinajstić information content (AvgIpc) is 1.89. The van der Waals surface area contributed by atoms with Crippen LogP contribution in [0.5, 0.6) is 0 Å². The summed E-state index contributed by atoms with van der Waals surface area (Å²) in [7, 11) is 1.47. The molecule has 0 aliphatic rings. The first-order valence-corrected chi connectivity index (χ1v) is 3.25. The van der Waals surface area contributed by atoms with E-state index in [1.165, 1.54) is 7.11 Å². The largest absolute Gasteiger partial charge is 0.370 e. The van der Waals surface area contributed by atoms with Crippen LogP contribution in [0.2, 0.25) is 0 Å². The number of amides is 1. The minimum atomic E-state index is -0.500. The number of hydrogen-bond acceptors (Lipinski definition) is 3. The van der Waals surface area contributed by atoms with E-state index in [4.69, 9.17) is 10.5 Å². The zero-order valence-electron chi connectivity index (χ0n) is 6.39. The Balaban J connectivity index is 3.50. The van der Waals surface area contributed by atoms with Crippen molar-refractivity contribution in [3.8, 4) is 0 Å². The first-order valence-electron chi connectivity index (χ1n) is 3.25. The van der Waals surface area contributed by atoms with Gasteiger partial charge >= 0.3 is 0 Å².